The molecule has 0 bridgehead atoms. The number of primary amides is 1. The Kier molecular flexibility index (Phi) is 4.49. The van der Waals surface area contributed by atoms with Crippen molar-refractivity contribution < 1.29 is 9.59 Å². The Labute approximate surface area is 98.8 Å². The van der Waals surface area contributed by atoms with Crippen LogP contribution in [0, 0.1) is 5.92 Å². The van der Waals surface area contributed by atoms with E-state index in [-0.39, 0.29) is 5.91 Å². The zero-order chi connectivity index (χ0) is 12.1. The van der Waals surface area contributed by atoms with Crippen molar-refractivity contribution in [2.45, 2.75) is 26.3 Å². The van der Waals surface area contributed by atoms with Gasteiger partial charge in [0.25, 0.3) is 5.91 Å². The van der Waals surface area contributed by atoms with Gasteiger partial charge in [0.05, 0.1) is 4.88 Å². The molecule has 0 aliphatic rings. The van der Waals surface area contributed by atoms with Gasteiger partial charge in [-0.05, 0) is 23.8 Å². The first-order valence-electron chi connectivity index (χ1n) is 5.14. The summed E-state index contributed by atoms with van der Waals surface area (Å²) in [7, 11) is 0. The van der Waals surface area contributed by atoms with E-state index in [9.17, 15) is 9.59 Å². The van der Waals surface area contributed by atoms with Gasteiger partial charge in [0.1, 0.15) is 6.04 Å². The normalized spacial score (nSPS) is 12.4. The van der Waals surface area contributed by atoms with E-state index in [4.69, 9.17) is 5.73 Å². The Balaban J connectivity index is 2.62. The maximum Gasteiger partial charge on any atom is 0.261 e. The maximum absolute atomic E-state index is 11.7. The largest absolute Gasteiger partial charge is 0.368 e. The van der Waals surface area contributed by atoms with Crippen LogP contribution in [0.1, 0.15) is 29.9 Å². The van der Waals surface area contributed by atoms with Crippen molar-refractivity contribution in [2.75, 3.05) is 0 Å². The molecule has 4 nitrogen and oxygen atoms in total. The van der Waals surface area contributed by atoms with E-state index in [2.05, 4.69) is 5.32 Å². The van der Waals surface area contributed by atoms with Crippen LogP contribution in [0.4, 0.5) is 0 Å². The molecule has 0 aliphatic carbocycles. The van der Waals surface area contributed by atoms with E-state index in [1.807, 2.05) is 19.2 Å². The molecule has 1 rings (SSSR count). The molecule has 5 heteroatoms. The summed E-state index contributed by atoms with van der Waals surface area (Å²) in [6.45, 7) is 3.96. The molecule has 0 aromatic carbocycles. The van der Waals surface area contributed by atoms with E-state index in [0.717, 1.165) is 0 Å². The highest BCUT2D eigenvalue weighted by atomic mass is 32.1. The first-order chi connectivity index (χ1) is 7.50. The van der Waals surface area contributed by atoms with Gasteiger partial charge in [0, 0.05) is 0 Å². The number of nitrogens with one attached hydrogen (secondary N) is 1. The summed E-state index contributed by atoms with van der Waals surface area (Å²) < 4.78 is 0. The number of carbonyl (C=O) groups excluding carboxylic acids is 2. The quantitative estimate of drug-likeness (QED) is 0.816. The summed E-state index contributed by atoms with van der Waals surface area (Å²) in [6.07, 6.45) is 0.562. The molecule has 2 amide bonds. The Morgan fingerprint density at radius 3 is 2.62 bits per heavy atom. The molecule has 88 valence electrons. The van der Waals surface area contributed by atoms with E-state index in [1.165, 1.54) is 11.3 Å². The fraction of sp³-hybridized carbons (Fsp3) is 0.455. The third-order valence-electron chi connectivity index (χ3n) is 2.10. The molecular weight excluding hydrogens is 224 g/mol. The summed E-state index contributed by atoms with van der Waals surface area (Å²) in [5.74, 6) is -0.417. The van der Waals surface area contributed by atoms with Gasteiger partial charge in [0.15, 0.2) is 0 Å². The summed E-state index contributed by atoms with van der Waals surface area (Å²) in [5.41, 5.74) is 5.24. The van der Waals surface area contributed by atoms with Gasteiger partial charge in [0.2, 0.25) is 5.91 Å². The molecule has 0 saturated heterocycles. The highest BCUT2D eigenvalue weighted by Crippen LogP contribution is 2.10. The summed E-state index contributed by atoms with van der Waals surface area (Å²) in [5, 5.41) is 4.46. The fourth-order valence-corrected chi connectivity index (χ4v) is 1.98. The molecule has 0 spiro atoms. The van der Waals surface area contributed by atoms with Crippen molar-refractivity contribution in [2.24, 2.45) is 11.7 Å². The standard InChI is InChI=1S/C11H16N2O2S/c1-7(2)6-8(10(12)14)13-11(15)9-4-3-5-16-9/h3-5,7-8H,6H2,1-2H3,(H2,12,14)(H,13,15)/t8-/m0/s1. The minimum Gasteiger partial charge on any atom is -0.368 e. The van der Waals surface area contributed by atoms with Crippen molar-refractivity contribution >= 4 is 23.2 Å². The molecule has 1 atom stereocenters. The first-order valence-corrected chi connectivity index (χ1v) is 6.02. The van der Waals surface area contributed by atoms with Gasteiger partial charge < -0.3 is 11.1 Å². The van der Waals surface area contributed by atoms with Crippen LogP contribution in [-0.2, 0) is 4.79 Å². The Hall–Kier alpha value is -1.36. The molecule has 0 unspecified atom stereocenters. The summed E-state index contributed by atoms with van der Waals surface area (Å²) in [6, 6.07) is 2.92. The van der Waals surface area contributed by atoms with Crippen LogP contribution in [0.25, 0.3) is 0 Å². The fourth-order valence-electron chi connectivity index (χ4n) is 1.35. The lowest BCUT2D eigenvalue weighted by atomic mass is 10.0. The minimum atomic E-state index is -0.588. The highest BCUT2D eigenvalue weighted by molar-refractivity contribution is 7.12. The van der Waals surface area contributed by atoms with Gasteiger partial charge >= 0.3 is 0 Å². The van der Waals surface area contributed by atoms with Gasteiger partial charge in [-0.2, -0.15) is 0 Å². The van der Waals surface area contributed by atoms with Crippen LogP contribution >= 0.6 is 11.3 Å². The van der Waals surface area contributed by atoms with Gasteiger partial charge in [-0.3, -0.25) is 9.59 Å². The molecule has 0 fully saturated rings. The molecule has 0 aliphatic heterocycles. The predicted octanol–water partition coefficient (Wildman–Crippen LogP) is 1.38. The zero-order valence-corrected chi connectivity index (χ0v) is 10.2. The number of amides is 2. The van der Waals surface area contributed by atoms with Crippen LogP contribution in [-0.4, -0.2) is 17.9 Å². The van der Waals surface area contributed by atoms with Crippen molar-refractivity contribution in [3.63, 3.8) is 0 Å². The number of hydrogen-bond donors (Lipinski definition) is 2. The van der Waals surface area contributed by atoms with Crippen molar-refractivity contribution in [3.05, 3.63) is 22.4 Å². The van der Waals surface area contributed by atoms with Gasteiger partial charge in [-0.15, -0.1) is 11.3 Å². The third-order valence-corrected chi connectivity index (χ3v) is 2.97. The van der Waals surface area contributed by atoms with Crippen molar-refractivity contribution in [3.8, 4) is 0 Å². The van der Waals surface area contributed by atoms with E-state index in [1.54, 1.807) is 12.1 Å². The van der Waals surface area contributed by atoms with Gasteiger partial charge in [-0.25, -0.2) is 0 Å². The lowest BCUT2D eigenvalue weighted by Crippen LogP contribution is -2.44. The number of thiophene rings is 1. The Bertz CT molecular complexity index is 360. The predicted molar refractivity (Wildman–Crippen MR) is 64.2 cm³/mol. The lowest BCUT2D eigenvalue weighted by Gasteiger charge is -2.16. The van der Waals surface area contributed by atoms with Crippen LogP contribution in [0.3, 0.4) is 0 Å². The number of rotatable bonds is 5. The smallest absolute Gasteiger partial charge is 0.261 e. The molecule has 1 heterocycles. The second-order valence-electron chi connectivity index (χ2n) is 4.04. The third kappa shape index (κ3) is 3.66. The average molecular weight is 240 g/mol. The molecule has 3 N–H and O–H groups in total. The lowest BCUT2D eigenvalue weighted by molar-refractivity contribution is -0.120. The average Bonchev–Trinajstić information content (AvgIpc) is 2.68. The highest BCUT2D eigenvalue weighted by Gasteiger charge is 2.20. The zero-order valence-electron chi connectivity index (χ0n) is 9.40. The molecule has 16 heavy (non-hydrogen) atoms. The first kappa shape index (κ1) is 12.7. The topological polar surface area (TPSA) is 72.2 Å². The molecule has 1 aromatic heterocycles. The molecule has 0 radical (unpaired) electrons. The Morgan fingerprint density at radius 2 is 2.19 bits per heavy atom. The monoisotopic (exact) mass is 240 g/mol. The molecule has 0 saturated carbocycles. The minimum absolute atomic E-state index is 0.237. The summed E-state index contributed by atoms with van der Waals surface area (Å²) in [4.78, 5) is 23.4. The van der Waals surface area contributed by atoms with Crippen molar-refractivity contribution in [1.82, 2.24) is 5.32 Å². The van der Waals surface area contributed by atoms with Gasteiger partial charge in [-0.1, -0.05) is 19.9 Å². The summed E-state index contributed by atoms with van der Waals surface area (Å²) >= 11 is 1.34. The number of nitrogens with two attached hydrogens (primary N) is 1. The van der Waals surface area contributed by atoms with Crippen LogP contribution < -0.4 is 11.1 Å². The maximum atomic E-state index is 11.7. The molecular formula is C11H16N2O2S. The van der Waals surface area contributed by atoms with Crippen molar-refractivity contribution in [1.29, 1.82) is 0 Å². The van der Waals surface area contributed by atoms with E-state index >= 15 is 0 Å². The van der Waals surface area contributed by atoms with Crippen LogP contribution in [0.5, 0.6) is 0 Å². The SMILES string of the molecule is CC(C)C[C@H](NC(=O)c1cccs1)C(N)=O. The van der Waals surface area contributed by atoms with Crippen LogP contribution in [0.15, 0.2) is 17.5 Å². The van der Waals surface area contributed by atoms with Crippen LogP contribution in [0.2, 0.25) is 0 Å². The van der Waals surface area contributed by atoms with E-state index in [0.29, 0.717) is 17.2 Å². The second kappa shape index (κ2) is 5.65. The Morgan fingerprint density at radius 1 is 1.50 bits per heavy atom. The number of hydrogen-bond acceptors (Lipinski definition) is 3. The second-order valence-corrected chi connectivity index (χ2v) is 4.98. The van der Waals surface area contributed by atoms with E-state index < -0.39 is 11.9 Å². The molecule has 1 aromatic rings. The number of carbonyl (C=O) groups is 2.